The molecule has 0 unspecified atom stereocenters. The van der Waals surface area contributed by atoms with Gasteiger partial charge in [-0.3, -0.25) is 0 Å². The molecule has 0 spiro atoms. The highest BCUT2D eigenvalue weighted by atomic mass is 79.9. The number of hydrogen-bond acceptors (Lipinski definition) is 4. The summed E-state index contributed by atoms with van der Waals surface area (Å²) in [5.41, 5.74) is 6.37. The first-order valence-electron chi connectivity index (χ1n) is 4.14. The number of hydrogen-bond donors (Lipinski definition) is 3. The summed E-state index contributed by atoms with van der Waals surface area (Å²) in [5, 5.41) is 18.6. The minimum atomic E-state index is -0.523. The van der Waals surface area contributed by atoms with Crippen molar-refractivity contribution in [2.75, 3.05) is 13.7 Å². The summed E-state index contributed by atoms with van der Waals surface area (Å²) in [6.45, 7) is -0.182. The molecule has 0 saturated heterocycles. The summed E-state index contributed by atoms with van der Waals surface area (Å²) in [7, 11) is 1.45. The molecule has 4 N–H and O–H groups in total. The fraction of sp³-hybridized carbons (Fsp3) is 0.333. The Bertz CT molecular complexity index is 371. The third-order valence-electron chi connectivity index (χ3n) is 1.99. The molecule has 0 saturated carbocycles. The van der Waals surface area contributed by atoms with Gasteiger partial charge in [0.25, 0.3) is 0 Å². The molecule has 1 aromatic carbocycles. The van der Waals surface area contributed by atoms with Gasteiger partial charge in [0.15, 0.2) is 11.5 Å². The SMILES string of the molecule is COc1cc([C@@H](N)CO)c(Br)c(Br)c1O. The maximum Gasteiger partial charge on any atom is 0.173 e. The van der Waals surface area contributed by atoms with Crippen LogP contribution in [0.5, 0.6) is 11.5 Å². The molecular weight excluding hydrogens is 330 g/mol. The summed E-state index contributed by atoms with van der Waals surface area (Å²) in [5.74, 6) is 0.308. The highest BCUT2D eigenvalue weighted by Gasteiger charge is 2.18. The van der Waals surface area contributed by atoms with Gasteiger partial charge in [0.05, 0.1) is 24.2 Å². The van der Waals surface area contributed by atoms with Crippen LogP contribution >= 0.6 is 31.9 Å². The summed E-state index contributed by atoms with van der Waals surface area (Å²) in [4.78, 5) is 0. The molecule has 0 fully saturated rings. The molecule has 15 heavy (non-hydrogen) atoms. The first kappa shape index (κ1) is 12.8. The van der Waals surface area contributed by atoms with Gasteiger partial charge in [0.2, 0.25) is 0 Å². The van der Waals surface area contributed by atoms with Crippen molar-refractivity contribution in [2.45, 2.75) is 6.04 Å². The Hall–Kier alpha value is -0.300. The first-order valence-corrected chi connectivity index (χ1v) is 5.72. The number of aromatic hydroxyl groups is 1. The van der Waals surface area contributed by atoms with E-state index >= 15 is 0 Å². The predicted molar refractivity (Wildman–Crippen MR) is 64.1 cm³/mol. The molecule has 6 heteroatoms. The lowest BCUT2D eigenvalue weighted by Crippen LogP contribution is -2.15. The highest BCUT2D eigenvalue weighted by Crippen LogP contribution is 2.43. The van der Waals surface area contributed by atoms with Gasteiger partial charge in [-0.25, -0.2) is 0 Å². The Labute approximate surface area is 104 Å². The second-order valence-electron chi connectivity index (χ2n) is 2.93. The molecule has 0 bridgehead atoms. The van der Waals surface area contributed by atoms with Crippen LogP contribution in [0, 0.1) is 0 Å². The number of ether oxygens (including phenoxy) is 1. The van der Waals surface area contributed by atoms with Crippen LogP contribution in [0.25, 0.3) is 0 Å². The van der Waals surface area contributed by atoms with E-state index in [9.17, 15) is 5.11 Å². The lowest BCUT2D eigenvalue weighted by molar-refractivity contribution is 0.267. The van der Waals surface area contributed by atoms with Crippen LogP contribution in [0.3, 0.4) is 0 Å². The topological polar surface area (TPSA) is 75.7 Å². The van der Waals surface area contributed by atoms with Crippen LogP contribution in [0.15, 0.2) is 15.0 Å². The molecule has 0 aliphatic carbocycles. The normalized spacial score (nSPS) is 12.6. The number of methoxy groups -OCH3 is 1. The number of nitrogens with two attached hydrogens (primary N) is 1. The van der Waals surface area contributed by atoms with Crippen molar-refractivity contribution >= 4 is 31.9 Å². The Morgan fingerprint density at radius 3 is 2.53 bits per heavy atom. The van der Waals surface area contributed by atoms with E-state index < -0.39 is 6.04 Å². The number of rotatable bonds is 3. The monoisotopic (exact) mass is 339 g/mol. The zero-order valence-electron chi connectivity index (χ0n) is 8.00. The van der Waals surface area contributed by atoms with Gasteiger partial charge in [0.1, 0.15) is 0 Å². The number of halogens is 2. The first-order chi connectivity index (χ1) is 7.02. The largest absolute Gasteiger partial charge is 0.503 e. The van der Waals surface area contributed by atoms with E-state index in [1.54, 1.807) is 6.07 Å². The fourth-order valence-corrected chi connectivity index (χ4v) is 2.16. The molecule has 0 radical (unpaired) electrons. The molecular formula is C9H11Br2NO3. The summed E-state index contributed by atoms with van der Waals surface area (Å²) >= 11 is 6.49. The highest BCUT2D eigenvalue weighted by molar-refractivity contribution is 9.13. The van der Waals surface area contributed by atoms with Gasteiger partial charge in [0, 0.05) is 4.47 Å². The van der Waals surface area contributed by atoms with E-state index in [1.165, 1.54) is 7.11 Å². The lowest BCUT2D eigenvalue weighted by atomic mass is 10.1. The van der Waals surface area contributed by atoms with E-state index in [2.05, 4.69) is 31.9 Å². The molecule has 84 valence electrons. The summed E-state index contributed by atoms with van der Waals surface area (Å²) in [6, 6.07) is 1.07. The van der Waals surface area contributed by atoms with Crippen molar-refractivity contribution in [2.24, 2.45) is 5.73 Å². The number of benzene rings is 1. The zero-order valence-corrected chi connectivity index (χ0v) is 11.2. The Morgan fingerprint density at radius 1 is 1.47 bits per heavy atom. The van der Waals surface area contributed by atoms with E-state index in [0.29, 0.717) is 20.3 Å². The maximum absolute atomic E-state index is 9.65. The van der Waals surface area contributed by atoms with Crippen LogP contribution in [0.1, 0.15) is 11.6 Å². The lowest BCUT2D eigenvalue weighted by Gasteiger charge is -2.15. The number of phenolic OH excluding ortho intramolecular Hbond substituents is 1. The second-order valence-corrected chi connectivity index (χ2v) is 4.52. The van der Waals surface area contributed by atoms with Crippen LogP contribution in [-0.4, -0.2) is 23.9 Å². The molecule has 1 atom stereocenters. The van der Waals surface area contributed by atoms with Crippen LogP contribution in [0.2, 0.25) is 0 Å². The Morgan fingerprint density at radius 2 is 2.07 bits per heavy atom. The van der Waals surface area contributed by atoms with E-state index in [-0.39, 0.29) is 12.4 Å². The van der Waals surface area contributed by atoms with Gasteiger partial charge in [-0.15, -0.1) is 0 Å². The van der Waals surface area contributed by atoms with Crippen molar-refractivity contribution in [1.82, 2.24) is 0 Å². The van der Waals surface area contributed by atoms with E-state index in [0.717, 1.165) is 0 Å². The molecule has 1 rings (SSSR count). The molecule has 4 nitrogen and oxygen atoms in total. The number of phenols is 1. The Balaban J connectivity index is 3.35. The van der Waals surface area contributed by atoms with Crippen LogP contribution in [0.4, 0.5) is 0 Å². The van der Waals surface area contributed by atoms with Crippen molar-refractivity contribution < 1.29 is 14.9 Å². The van der Waals surface area contributed by atoms with Gasteiger partial charge >= 0.3 is 0 Å². The average Bonchev–Trinajstić information content (AvgIpc) is 2.25. The predicted octanol–water partition coefficient (Wildman–Crippen LogP) is 1.92. The van der Waals surface area contributed by atoms with Crippen molar-refractivity contribution in [3.63, 3.8) is 0 Å². The molecule has 0 aliphatic rings. The summed E-state index contributed by atoms with van der Waals surface area (Å²) in [6.07, 6.45) is 0. The van der Waals surface area contributed by atoms with Gasteiger partial charge in [-0.1, -0.05) is 0 Å². The van der Waals surface area contributed by atoms with Crippen molar-refractivity contribution in [3.05, 3.63) is 20.6 Å². The summed E-state index contributed by atoms with van der Waals surface area (Å²) < 4.78 is 6.05. The number of aliphatic hydroxyl groups excluding tert-OH is 1. The maximum atomic E-state index is 9.65. The standard InChI is InChI=1S/C9H11Br2NO3/c1-15-6-2-4(5(12)3-13)7(10)8(11)9(6)14/h2,5,13-14H,3,12H2,1H3/t5-/m0/s1. The van der Waals surface area contributed by atoms with Gasteiger partial charge in [-0.05, 0) is 43.5 Å². The third kappa shape index (κ3) is 2.44. The zero-order chi connectivity index (χ0) is 11.6. The smallest absolute Gasteiger partial charge is 0.173 e. The molecule has 0 heterocycles. The van der Waals surface area contributed by atoms with E-state index in [1.807, 2.05) is 0 Å². The van der Waals surface area contributed by atoms with E-state index in [4.69, 9.17) is 15.6 Å². The molecule has 0 amide bonds. The van der Waals surface area contributed by atoms with Gasteiger partial charge in [-0.2, -0.15) is 0 Å². The number of aliphatic hydroxyl groups is 1. The van der Waals surface area contributed by atoms with Gasteiger partial charge < -0.3 is 20.7 Å². The fourth-order valence-electron chi connectivity index (χ4n) is 1.14. The van der Waals surface area contributed by atoms with Crippen molar-refractivity contribution in [3.8, 4) is 11.5 Å². The minimum Gasteiger partial charge on any atom is -0.503 e. The Kier molecular flexibility index (Phi) is 4.39. The van der Waals surface area contributed by atoms with Crippen LogP contribution in [-0.2, 0) is 0 Å². The molecule has 0 aliphatic heterocycles. The second kappa shape index (κ2) is 5.16. The third-order valence-corrected chi connectivity index (χ3v) is 4.15. The average molecular weight is 341 g/mol. The quantitative estimate of drug-likeness (QED) is 0.785. The minimum absolute atomic E-state index is 0.00161. The molecule has 1 aromatic rings. The van der Waals surface area contributed by atoms with Crippen molar-refractivity contribution in [1.29, 1.82) is 0 Å². The molecule has 0 aromatic heterocycles. The van der Waals surface area contributed by atoms with Crippen LogP contribution < -0.4 is 10.5 Å².